The van der Waals surface area contributed by atoms with Gasteiger partial charge in [0, 0.05) is 43.8 Å². The van der Waals surface area contributed by atoms with Gasteiger partial charge in [-0.2, -0.15) is 13.2 Å². The summed E-state index contributed by atoms with van der Waals surface area (Å²) in [6.45, 7) is 13.7. The normalized spacial score (nSPS) is 12.3. The molecule has 1 heterocycles. The first kappa shape index (κ1) is 38.4. The first-order valence-corrected chi connectivity index (χ1v) is 14.5. The molecule has 1 aromatic heterocycles. The Balaban J connectivity index is 0.000000497. The molecule has 0 atom stereocenters. The second-order valence-corrected chi connectivity index (χ2v) is 11.4. The van der Waals surface area contributed by atoms with Crippen LogP contribution in [0.4, 0.5) is 17.6 Å². The number of benzene rings is 2. The maximum absolute atomic E-state index is 13.9. The van der Waals surface area contributed by atoms with Gasteiger partial charge in [-0.3, -0.25) is 14.2 Å². The van der Waals surface area contributed by atoms with Crippen molar-refractivity contribution in [2.75, 3.05) is 0 Å². The van der Waals surface area contributed by atoms with E-state index in [0.29, 0.717) is 38.9 Å². The van der Waals surface area contributed by atoms with E-state index in [1.807, 2.05) is 27.7 Å². The smallest absolute Gasteiger partial charge is 0.394 e. The number of carbonyl (C=O) groups is 1. The molecule has 43 heavy (non-hydrogen) atoms. The first-order chi connectivity index (χ1) is 19.6. The Morgan fingerprint density at radius 2 is 1.56 bits per heavy atom. The molecule has 3 rings (SSSR count). The van der Waals surface area contributed by atoms with Gasteiger partial charge in [0.2, 0.25) is 0 Å². The molecule has 0 aliphatic carbocycles. The standard InChI is InChI=1S/C21H19F4N2.C13H24O2.Ir/c1-12-7-15(8-13(2)18(12)22)19-16-6-5-14(9-17(16)26-11-27-19)10-20(3,4)21(23,24)25;1-5-10(6-2)12(14)9-13(15)11(7-3)8-4;/h5-7,9,11H,10H2,1-4H3;9-11,14H,5-8H2,1-4H3;/q-1;;/b;12-9-;. The van der Waals surface area contributed by atoms with Crippen LogP contribution in [0.25, 0.3) is 22.2 Å². The van der Waals surface area contributed by atoms with E-state index in [1.165, 1.54) is 26.3 Å². The Labute approximate surface area is 266 Å². The molecule has 0 aliphatic heterocycles. The van der Waals surface area contributed by atoms with Crippen molar-refractivity contribution in [2.24, 2.45) is 17.3 Å². The van der Waals surface area contributed by atoms with Gasteiger partial charge in [-0.25, -0.2) is 4.98 Å². The van der Waals surface area contributed by atoms with Gasteiger partial charge in [0.1, 0.15) is 6.33 Å². The van der Waals surface area contributed by atoms with Gasteiger partial charge in [-0.15, -0.1) is 17.7 Å². The minimum Gasteiger partial charge on any atom is -0.512 e. The maximum atomic E-state index is 13.9. The van der Waals surface area contributed by atoms with E-state index in [-0.39, 0.29) is 55.7 Å². The zero-order chi connectivity index (χ0) is 31.8. The van der Waals surface area contributed by atoms with Gasteiger partial charge < -0.3 is 5.11 Å². The predicted octanol–water partition coefficient (Wildman–Crippen LogP) is 9.85. The number of rotatable bonds is 10. The van der Waals surface area contributed by atoms with Gasteiger partial charge in [-0.05, 0) is 54.8 Å². The summed E-state index contributed by atoms with van der Waals surface area (Å²) in [6, 6.07) is 9.67. The third-order valence-corrected chi connectivity index (χ3v) is 7.81. The van der Waals surface area contributed by atoms with Crippen molar-refractivity contribution < 1.29 is 47.6 Å². The van der Waals surface area contributed by atoms with E-state index >= 15 is 0 Å². The van der Waals surface area contributed by atoms with Crippen molar-refractivity contribution in [1.82, 2.24) is 9.97 Å². The number of halogens is 4. The molecule has 0 saturated carbocycles. The van der Waals surface area contributed by atoms with Crippen LogP contribution in [0.15, 0.2) is 42.4 Å². The fourth-order valence-electron chi connectivity index (χ4n) is 4.81. The van der Waals surface area contributed by atoms with Gasteiger partial charge in [0.05, 0.1) is 16.7 Å². The van der Waals surface area contributed by atoms with Crippen LogP contribution in [0.2, 0.25) is 0 Å². The third-order valence-electron chi connectivity index (χ3n) is 7.81. The summed E-state index contributed by atoms with van der Waals surface area (Å²) < 4.78 is 53.4. The number of allylic oxidation sites excluding steroid dienone is 2. The maximum Gasteiger partial charge on any atom is 0.394 e. The quantitative estimate of drug-likeness (QED) is 0.0964. The Kier molecular flexibility index (Phi) is 14.7. The number of fused-ring (bicyclic) bond motifs is 1. The van der Waals surface area contributed by atoms with Crippen molar-refractivity contribution >= 4 is 16.7 Å². The van der Waals surface area contributed by atoms with Crippen molar-refractivity contribution in [3.05, 3.63) is 71.0 Å². The number of nitrogens with zero attached hydrogens (tertiary/aromatic N) is 2. The van der Waals surface area contributed by atoms with Crippen LogP contribution in [-0.4, -0.2) is 27.0 Å². The van der Waals surface area contributed by atoms with E-state index < -0.39 is 11.6 Å². The largest absolute Gasteiger partial charge is 0.512 e. The minimum atomic E-state index is -4.29. The average molecular weight is 780 g/mol. The van der Waals surface area contributed by atoms with Crippen LogP contribution in [0.5, 0.6) is 0 Å². The molecule has 1 radical (unpaired) electrons. The number of carbonyl (C=O) groups excluding carboxylic acids is 1. The molecule has 239 valence electrons. The van der Waals surface area contributed by atoms with Crippen molar-refractivity contribution in [3.8, 4) is 11.3 Å². The SMILES string of the molecule is CCC(CC)C(=O)/C=C(\O)C(CC)CC.Cc1[c-]c(-c2ncnc3cc(CC(C)(C)C(F)(F)F)ccc23)cc(C)c1F.[Ir]. The predicted molar refractivity (Wildman–Crippen MR) is 161 cm³/mol. The van der Waals surface area contributed by atoms with Gasteiger partial charge >= 0.3 is 6.18 Å². The van der Waals surface area contributed by atoms with Crippen LogP contribution >= 0.6 is 0 Å². The Morgan fingerprint density at radius 3 is 2.07 bits per heavy atom. The summed E-state index contributed by atoms with van der Waals surface area (Å²) >= 11 is 0. The molecule has 0 saturated heterocycles. The fraction of sp³-hybridized carbons (Fsp3) is 0.500. The average Bonchev–Trinajstić information content (AvgIpc) is 2.92. The number of alkyl halides is 3. The molecule has 0 amide bonds. The third kappa shape index (κ3) is 9.94. The first-order valence-electron chi connectivity index (χ1n) is 14.5. The van der Waals surface area contributed by atoms with Crippen molar-refractivity contribution in [3.63, 3.8) is 0 Å². The van der Waals surface area contributed by atoms with Gasteiger partial charge in [0.15, 0.2) is 5.78 Å². The van der Waals surface area contributed by atoms with Gasteiger partial charge in [0.25, 0.3) is 0 Å². The van der Waals surface area contributed by atoms with Crippen molar-refractivity contribution in [2.45, 2.75) is 93.7 Å². The molecule has 4 nitrogen and oxygen atoms in total. The number of hydrogen-bond donors (Lipinski definition) is 1. The number of aryl methyl sites for hydroxylation is 2. The molecule has 0 aliphatic rings. The Morgan fingerprint density at radius 1 is 0.977 bits per heavy atom. The molecule has 0 spiro atoms. The second kappa shape index (κ2) is 16.4. The monoisotopic (exact) mass is 780 g/mol. The van der Waals surface area contributed by atoms with E-state index in [0.717, 1.165) is 25.7 Å². The van der Waals surface area contributed by atoms with Crippen LogP contribution < -0.4 is 0 Å². The fourth-order valence-corrected chi connectivity index (χ4v) is 4.81. The Bertz CT molecular complexity index is 1370. The molecular formula is C34H43F4IrN2O2-. The van der Waals surface area contributed by atoms with Crippen molar-refractivity contribution in [1.29, 1.82) is 0 Å². The summed E-state index contributed by atoms with van der Waals surface area (Å²) in [5, 5.41) is 10.4. The molecule has 0 unspecified atom stereocenters. The van der Waals surface area contributed by atoms with E-state index in [1.54, 1.807) is 38.1 Å². The van der Waals surface area contributed by atoms with Crippen LogP contribution in [-0.2, 0) is 31.3 Å². The molecule has 3 aromatic rings. The number of ketones is 1. The summed E-state index contributed by atoms with van der Waals surface area (Å²) in [6.07, 6.45) is 1.82. The summed E-state index contributed by atoms with van der Waals surface area (Å²) in [5.74, 6) is 0.236. The number of aromatic nitrogens is 2. The molecule has 2 aromatic carbocycles. The number of aliphatic hydroxyl groups excluding tert-OH is 1. The van der Waals surface area contributed by atoms with Crippen LogP contribution in [0.3, 0.4) is 0 Å². The zero-order valence-corrected chi connectivity index (χ0v) is 28.6. The number of aliphatic hydroxyl groups is 1. The molecule has 0 fully saturated rings. The molecule has 9 heteroatoms. The zero-order valence-electron chi connectivity index (χ0n) is 26.2. The second-order valence-electron chi connectivity index (χ2n) is 11.4. The topological polar surface area (TPSA) is 63.1 Å². The molecule has 1 N–H and O–H groups in total. The molecular weight excluding hydrogens is 737 g/mol. The van der Waals surface area contributed by atoms with E-state index in [2.05, 4.69) is 16.0 Å². The minimum absolute atomic E-state index is 0. The summed E-state index contributed by atoms with van der Waals surface area (Å²) in [7, 11) is 0. The van der Waals surface area contributed by atoms with Crippen LogP contribution in [0.1, 0.15) is 83.9 Å². The summed E-state index contributed by atoms with van der Waals surface area (Å²) in [5.41, 5.74) is 1.33. The van der Waals surface area contributed by atoms with E-state index in [4.69, 9.17) is 0 Å². The molecule has 0 bridgehead atoms. The van der Waals surface area contributed by atoms with Gasteiger partial charge in [-0.1, -0.05) is 78.6 Å². The number of hydrogen-bond acceptors (Lipinski definition) is 4. The summed E-state index contributed by atoms with van der Waals surface area (Å²) in [4.78, 5) is 20.2. The Hall–Kier alpha value is -2.64. The van der Waals surface area contributed by atoms with E-state index in [9.17, 15) is 27.5 Å². The van der Waals surface area contributed by atoms with Crippen LogP contribution in [0, 0.1) is 43.0 Å².